The summed E-state index contributed by atoms with van der Waals surface area (Å²) in [5.74, 6) is 0.204. The van der Waals surface area contributed by atoms with Gasteiger partial charge in [0.05, 0.1) is 12.7 Å². The van der Waals surface area contributed by atoms with Crippen molar-refractivity contribution in [1.82, 2.24) is 0 Å². The van der Waals surface area contributed by atoms with Crippen molar-refractivity contribution in [2.45, 2.75) is 25.2 Å². The van der Waals surface area contributed by atoms with Crippen molar-refractivity contribution in [2.75, 3.05) is 18.2 Å². The highest BCUT2D eigenvalue weighted by Gasteiger charge is 2.08. The van der Waals surface area contributed by atoms with E-state index in [-0.39, 0.29) is 5.91 Å². The molecule has 0 radical (unpaired) electrons. The van der Waals surface area contributed by atoms with Gasteiger partial charge in [-0.2, -0.15) is 0 Å². The number of anilines is 1. The van der Waals surface area contributed by atoms with Crippen LogP contribution in [0.2, 0.25) is 0 Å². The number of methoxy groups -OCH3 is 1. The van der Waals surface area contributed by atoms with E-state index in [0.29, 0.717) is 23.4 Å². The van der Waals surface area contributed by atoms with Crippen molar-refractivity contribution in [3.8, 4) is 0 Å². The zero-order valence-electron chi connectivity index (χ0n) is 14.1. The van der Waals surface area contributed by atoms with Crippen LogP contribution in [0.15, 0.2) is 47.4 Å². The summed E-state index contributed by atoms with van der Waals surface area (Å²) in [6.45, 7) is 4.17. The monoisotopic (exact) mass is 343 g/mol. The maximum atomic E-state index is 12.0. The van der Waals surface area contributed by atoms with Crippen LogP contribution in [-0.2, 0) is 9.53 Å². The van der Waals surface area contributed by atoms with Gasteiger partial charge in [0, 0.05) is 22.8 Å². The summed E-state index contributed by atoms with van der Waals surface area (Å²) < 4.78 is 4.67. The van der Waals surface area contributed by atoms with E-state index in [1.165, 1.54) is 23.1 Å². The van der Waals surface area contributed by atoms with Crippen LogP contribution >= 0.6 is 11.8 Å². The fraction of sp³-hybridized carbons (Fsp3) is 0.263. The molecular formula is C19H21NO3S. The van der Waals surface area contributed by atoms with Gasteiger partial charge < -0.3 is 10.1 Å². The molecule has 126 valence electrons. The fourth-order valence-corrected chi connectivity index (χ4v) is 3.08. The van der Waals surface area contributed by atoms with E-state index in [1.807, 2.05) is 0 Å². The fourth-order valence-electron chi connectivity index (χ4n) is 2.13. The van der Waals surface area contributed by atoms with Gasteiger partial charge in [-0.25, -0.2) is 4.79 Å². The van der Waals surface area contributed by atoms with Crippen LogP contribution in [0.5, 0.6) is 0 Å². The Labute approximate surface area is 146 Å². The smallest absolute Gasteiger partial charge is 0.337 e. The van der Waals surface area contributed by atoms with Gasteiger partial charge in [0.2, 0.25) is 5.91 Å². The first-order valence-corrected chi connectivity index (χ1v) is 8.66. The second-order valence-electron chi connectivity index (χ2n) is 5.47. The average molecular weight is 343 g/mol. The minimum atomic E-state index is -0.420. The van der Waals surface area contributed by atoms with Gasteiger partial charge in [-0.15, -0.1) is 11.8 Å². The highest BCUT2D eigenvalue weighted by Crippen LogP contribution is 2.22. The number of carbonyl (C=O) groups excluding carboxylic acids is 2. The van der Waals surface area contributed by atoms with Crippen LogP contribution in [0.25, 0.3) is 0 Å². The number of esters is 1. The molecule has 0 aliphatic heterocycles. The lowest BCUT2D eigenvalue weighted by Gasteiger charge is -2.07. The lowest BCUT2D eigenvalue weighted by molar-refractivity contribution is -0.115. The van der Waals surface area contributed by atoms with Gasteiger partial charge in [-0.1, -0.05) is 12.1 Å². The summed E-state index contributed by atoms with van der Waals surface area (Å²) in [6, 6.07) is 13.0. The second-order valence-corrected chi connectivity index (χ2v) is 6.63. The molecule has 0 saturated carbocycles. The van der Waals surface area contributed by atoms with Gasteiger partial charge in [0.25, 0.3) is 0 Å². The van der Waals surface area contributed by atoms with Crippen molar-refractivity contribution < 1.29 is 14.3 Å². The third kappa shape index (κ3) is 5.13. The van der Waals surface area contributed by atoms with Gasteiger partial charge in [-0.05, 0) is 55.3 Å². The highest BCUT2D eigenvalue weighted by molar-refractivity contribution is 7.99. The minimum Gasteiger partial charge on any atom is -0.465 e. The minimum absolute atomic E-state index is 0.0756. The number of amides is 1. The number of benzene rings is 2. The van der Waals surface area contributed by atoms with E-state index in [0.717, 1.165) is 0 Å². The molecule has 0 aromatic heterocycles. The zero-order chi connectivity index (χ0) is 17.5. The Hall–Kier alpha value is -2.27. The Bertz CT molecular complexity index is 743. The number of hydrogen-bond acceptors (Lipinski definition) is 4. The molecule has 24 heavy (non-hydrogen) atoms. The van der Waals surface area contributed by atoms with E-state index < -0.39 is 5.97 Å². The largest absolute Gasteiger partial charge is 0.465 e. The first kappa shape index (κ1) is 18.1. The molecule has 5 heteroatoms. The van der Waals surface area contributed by atoms with Crippen LogP contribution in [0, 0.1) is 13.8 Å². The molecule has 0 heterocycles. The Morgan fingerprint density at radius 2 is 1.88 bits per heavy atom. The molecular weight excluding hydrogens is 322 g/mol. The van der Waals surface area contributed by atoms with Crippen LogP contribution in [0.3, 0.4) is 0 Å². The number of rotatable bonds is 6. The molecule has 0 atom stereocenters. The van der Waals surface area contributed by atoms with E-state index in [4.69, 9.17) is 0 Å². The molecule has 0 aliphatic carbocycles. The summed E-state index contributed by atoms with van der Waals surface area (Å²) in [6.07, 6.45) is 0.403. The third-order valence-electron chi connectivity index (χ3n) is 3.64. The molecule has 2 aromatic rings. The van der Waals surface area contributed by atoms with Crippen molar-refractivity contribution in [3.05, 3.63) is 59.2 Å². The van der Waals surface area contributed by atoms with Crippen LogP contribution in [0.1, 0.15) is 27.9 Å². The molecule has 1 amide bonds. The van der Waals surface area contributed by atoms with Crippen molar-refractivity contribution in [1.29, 1.82) is 0 Å². The Kier molecular flexibility index (Phi) is 6.44. The maximum Gasteiger partial charge on any atom is 0.337 e. The van der Waals surface area contributed by atoms with E-state index in [9.17, 15) is 9.59 Å². The van der Waals surface area contributed by atoms with Gasteiger partial charge >= 0.3 is 5.97 Å². The summed E-state index contributed by atoms with van der Waals surface area (Å²) in [5.41, 5.74) is 3.53. The number of aryl methyl sites for hydroxylation is 2. The number of thioether (sulfide) groups is 1. The number of hydrogen-bond donors (Lipinski definition) is 1. The number of carbonyl (C=O) groups is 2. The summed E-state index contributed by atoms with van der Waals surface area (Å²) in [5, 5.41) is 2.81. The normalized spacial score (nSPS) is 10.3. The molecule has 0 unspecified atom stereocenters. The quantitative estimate of drug-likeness (QED) is 0.630. The first-order valence-electron chi connectivity index (χ1n) is 7.68. The lowest BCUT2D eigenvalue weighted by atomic mass is 10.1. The molecule has 2 aromatic carbocycles. The molecule has 0 spiro atoms. The van der Waals surface area contributed by atoms with Crippen molar-refractivity contribution >= 4 is 29.3 Å². The molecule has 0 saturated heterocycles. The lowest BCUT2D eigenvalue weighted by Crippen LogP contribution is -2.12. The van der Waals surface area contributed by atoms with Gasteiger partial charge in [0.1, 0.15) is 0 Å². The molecule has 2 rings (SSSR count). The Morgan fingerprint density at radius 1 is 1.08 bits per heavy atom. The second kappa shape index (κ2) is 8.55. The topological polar surface area (TPSA) is 55.4 Å². The number of nitrogens with one attached hydrogen (secondary N) is 1. The molecule has 0 bridgehead atoms. The van der Waals surface area contributed by atoms with Crippen LogP contribution in [0.4, 0.5) is 5.69 Å². The predicted octanol–water partition coefficient (Wildman–Crippen LogP) is 4.21. The SMILES string of the molecule is COC(=O)c1cccc(NC(=O)CCSc2ccc(C)c(C)c2)c1. The van der Waals surface area contributed by atoms with Crippen LogP contribution in [-0.4, -0.2) is 24.7 Å². The van der Waals surface area contributed by atoms with Crippen LogP contribution < -0.4 is 5.32 Å². The van der Waals surface area contributed by atoms with Crippen molar-refractivity contribution in [3.63, 3.8) is 0 Å². The summed E-state index contributed by atoms with van der Waals surface area (Å²) in [7, 11) is 1.33. The summed E-state index contributed by atoms with van der Waals surface area (Å²) >= 11 is 1.66. The molecule has 0 fully saturated rings. The van der Waals surface area contributed by atoms with Gasteiger partial charge in [-0.3, -0.25) is 4.79 Å². The predicted molar refractivity (Wildman–Crippen MR) is 97.7 cm³/mol. The van der Waals surface area contributed by atoms with Crippen molar-refractivity contribution in [2.24, 2.45) is 0 Å². The first-order chi connectivity index (χ1) is 11.5. The highest BCUT2D eigenvalue weighted by atomic mass is 32.2. The Morgan fingerprint density at radius 3 is 2.58 bits per heavy atom. The van der Waals surface area contributed by atoms with E-state index >= 15 is 0 Å². The zero-order valence-corrected chi connectivity index (χ0v) is 14.9. The third-order valence-corrected chi connectivity index (χ3v) is 4.64. The average Bonchev–Trinajstić information content (AvgIpc) is 2.57. The maximum absolute atomic E-state index is 12.0. The summed E-state index contributed by atoms with van der Waals surface area (Å²) in [4.78, 5) is 24.7. The van der Waals surface area contributed by atoms with E-state index in [2.05, 4.69) is 42.1 Å². The molecule has 4 nitrogen and oxygen atoms in total. The standard InChI is InChI=1S/C19H21NO3S/c1-13-7-8-17(11-14(13)2)24-10-9-18(21)20-16-6-4-5-15(12-16)19(22)23-3/h4-8,11-12H,9-10H2,1-3H3,(H,20,21). The molecule has 0 aliphatic rings. The van der Waals surface area contributed by atoms with Gasteiger partial charge in [0.15, 0.2) is 0 Å². The van der Waals surface area contributed by atoms with E-state index in [1.54, 1.807) is 36.0 Å². The molecule has 1 N–H and O–H groups in total. The Balaban J connectivity index is 1.85. The number of ether oxygens (including phenoxy) is 1.